The first-order valence-electron chi connectivity index (χ1n) is 15.9. The molecule has 1 N–H and O–H groups in total. The Balaban J connectivity index is 1.44. The van der Waals surface area contributed by atoms with E-state index in [9.17, 15) is 4.89 Å². The van der Waals surface area contributed by atoms with Crippen molar-refractivity contribution < 1.29 is 9.46 Å². The molecule has 1 aliphatic rings. The van der Waals surface area contributed by atoms with Crippen LogP contribution in [0.1, 0.15) is 0 Å². The van der Waals surface area contributed by atoms with Crippen LogP contribution >= 0.6 is 7.37 Å². The Morgan fingerprint density at radius 2 is 0.702 bits per heavy atom. The number of rotatable bonds is 4. The third-order valence-corrected chi connectivity index (χ3v) is 11.6. The highest BCUT2D eigenvalue weighted by atomic mass is 31.2. The zero-order valence-corrected chi connectivity index (χ0v) is 26.4. The second-order valence-corrected chi connectivity index (χ2v) is 14.2. The molecule has 0 aliphatic carbocycles. The molecule has 47 heavy (non-hydrogen) atoms. The fourth-order valence-corrected chi connectivity index (χ4v) is 9.82. The first kappa shape index (κ1) is 27.8. The van der Waals surface area contributed by atoms with Gasteiger partial charge in [0, 0.05) is 11.1 Å². The van der Waals surface area contributed by atoms with E-state index >= 15 is 4.57 Å². The molecule has 0 amide bonds. The molecule has 1 heterocycles. The van der Waals surface area contributed by atoms with Crippen molar-refractivity contribution in [3.63, 3.8) is 0 Å². The summed E-state index contributed by atoms with van der Waals surface area (Å²) in [5, 5.41) is 5.08. The molecule has 0 spiro atoms. The second-order valence-electron chi connectivity index (χ2n) is 12.1. The van der Waals surface area contributed by atoms with E-state index in [2.05, 4.69) is 84.9 Å². The lowest BCUT2D eigenvalue weighted by molar-refractivity contribution is 0.502. The summed E-state index contributed by atoms with van der Waals surface area (Å²) >= 11 is 0. The third kappa shape index (κ3) is 4.27. The van der Waals surface area contributed by atoms with Gasteiger partial charge in [0.25, 0.3) is 7.37 Å². The summed E-state index contributed by atoms with van der Waals surface area (Å²) in [6.45, 7) is 0. The highest BCUT2D eigenvalue weighted by molar-refractivity contribution is 7.75. The van der Waals surface area contributed by atoms with Gasteiger partial charge in [-0.05, 0) is 78.2 Å². The van der Waals surface area contributed by atoms with Crippen LogP contribution in [0.2, 0.25) is 0 Å². The van der Waals surface area contributed by atoms with Crippen molar-refractivity contribution in [3.8, 4) is 55.6 Å². The molecule has 2 nitrogen and oxygen atoms in total. The lowest BCUT2D eigenvalue weighted by Crippen LogP contribution is -2.14. The van der Waals surface area contributed by atoms with Crippen LogP contribution in [-0.4, -0.2) is 4.89 Å². The molecule has 0 saturated heterocycles. The van der Waals surface area contributed by atoms with Crippen molar-refractivity contribution in [1.29, 1.82) is 0 Å². The summed E-state index contributed by atoms with van der Waals surface area (Å²) < 4.78 is 15.6. The van der Waals surface area contributed by atoms with Gasteiger partial charge in [-0.3, -0.25) is 4.57 Å². The smallest absolute Gasteiger partial charge is 0.261 e. The fourth-order valence-electron chi connectivity index (χ4n) is 7.51. The van der Waals surface area contributed by atoms with E-state index < -0.39 is 7.37 Å². The number of hydrogen-bond donors (Lipinski definition) is 1. The van der Waals surface area contributed by atoms with Gasteiger partial charge in [0.2, 0.25) is 0 Å². The van der Waals surface area contributed by atoms with Crippen LogP contribution in [0.15, 0.2) is 170 Å². The maximum Gasteiger partial charge on any atom is 0.261 e. The summed E-state index contributed by atoms with van der Waals surface area (Å²) in [6.07, 6.45) is 0. The number of hydrogen-bond acceptors (Lipinski definition) is 1. The topological polar surface area (TPSA) is 37.3 Å². The first-order chi connectivity index (χ1) is 23.1. The molecule has 8 aromatic rings. The van der Waals surface area contributed by atoms with Crippen LogP contribution in [0, 0.1) is 0 Å². The van der Waals surface area contributed by atoms with Gasteiger partial charge in [-0.15, -0.1) is 0 Å². The SMILES string of the molecule is O=P1(O)c2c(-c3ccccc3-c3ccccc3)cc3ccccc3c2-c2c1c(-c1ccccc1-c1ccccc1)cc1ccccc21. The largest absolute Gasteiger partial charge is 0.338 e. The average molecular weight is 621 g/mol. The fraction of sp³-hybridized carbons (Fsp3) is 0. The minimum Gasteiger partial charge on any atom is -0.338 e. The van der Waals surface area contributed by atoms with Crippen molar-refractivity contribution in [2.24, 2.45) is 0 Å². The molecule has 1 aliphatic heterocycles. The molecule has 0 aromatic heterocycles. The van der Waals surface area contributed by atoms with E-state index in [0.717, 1.165) is 77.2 Å². The molecule has 9 rings (SSSR count). The van der Waals surface area contributed by atoms with Gasteiger partial charge in [-0.25, -0.2) is 0 Å². The normalized spacial score (nSPS) is 13.0. The molecule has 0 unspecified atom stereocenters. The van der Waals surface area contributed by atoms with E-state index in [1.54, 1.807) is 0 Å². The highest BCUT2D eigenvalue weighted by Gasteiger charge is 2.44. The monoisotopic (exact) mass is 620 g/mol. The Labute approximate surface area is 273 Å². The molecular weight excluding hydrogens is 591 g/mol. The van der Waals surface area contributed by atoms with Crippen LogP contribution in [-0.2, 0) is 4.57 Å². The number of fused-ring (bicyclic) bond motifs is 7. The van der Waals surface area contributed by atoms with Gasteiger partial charge < -0.3 is 4.89 Å². The van der Waals surface area contributed by atoms with Crippen molar-refractivity contribution in [2.45, 2.75) is 0 Å². The Hall–Kier alpha value is -5.53. The molecule has 0 atom stereocenters. The zero-order valence-electron chi connectivity index (χ0n) is 25.5. The molecule has 0 bridgehead atoms. The molecule has 0 radical (unpaired) electrons. The summed E-state index contributed by atoms with van der Waals surface area (Å²) in [7, 11) is -4.16. The van der Waals surface area contributed by atoms with Crippen molar-refractivity contribution >= 4 is 39.5 Å². The summed E-state index contributed by atoms with van der Waals surface area (Å²) in [6, 6.07) is 57.8. The quantitative estimate of drug-likeness (QED) is 0.199. The molecule has 3 heteroatoms. The zero-order chi connectivity index (χ0) is 31.5. The van der Waals surface area contributed by atoms with Crippen LogP contribution < -0.4 is 10.6 Å². The maximum absolute atomic E-state index is 15.6. The van der Waals surface area contributed by atoms with Gasteiger partial charge in [0.1, 0.15) is 0 Å². The Morgan fingerprint density at radius 3 is 1.13 bits per heavy atom. The Kier molecular flexibility index (Phi) is 6.37. The van der Waals surface area contributed by atoms with Gasteiger partial charge >= 0.3 is 0 Å². The third-order valence-electron chi connectivity index (χ3n) is 9.50. The average Bonchev–Trinajstić information content (AvgIpc) is 3.39. The first-order valence-corrected chi connectivity index (χ1v) is 17.5. The molecule has 0 saturated carbocycles. The Morgan fingerprint density at radius 1 is 0.362 bits per heavy atom. The van der Waals surface area contributed by atoms with Crippen molar-refractivity contribution in [3.05, 3.63) is 170 Å². The van der Waals surface area contributed by atoms with E-state index in [1.807, 2.05) is 84.9 Å². The van der Waals surface area contributed by atoms with Crippen molar-refractivity contribution in [1.82, 2.24) is 0 Å². The number of benzene rings is 8. The van der Waals surface area contributed by atoms with Gasteiger partial charge in [0.15, 0.2) is 0 Å². The maximum atomic E-state index is 15.6. The highest BCUT2D eigenvalue weighted by Crippen LogP contribution is 2.58. The van der Waals surface area contributed by atoms with Gasteiger partial charge in [0.05, 0.1) is 10.6 Å². The minimum absolute atomic E-state index is 0.518. The summed E-state index contributed by atoms with van der Waals surface area (Å²) in [4.78, 5) is 12.8. The van der Waals surface area contributed by atoms with Crippen LogP contribution in [0.4, 0.5) is 0 Å². The van der Waals surface area contributed by atoms with Crippen molar-refractivity contribution in [2.75, 3.05) is 0 Å². The summed E-state index contributed by atoms with van der Waals surface area (Å²) in [5.41, 5.74) is 9.39. The minimum atomic E-state index is -4.16. The van der Waals surface area contributed by atoms with E-state index in [1.165, 1.54) is 0 Å². The Bertz CT molecular complexity index is 2380. The summed E-state index contributed by atoms with van der Waals surface area (Å²) in [5.74, 6) is 0. The molecular formula is C44H29O2P. The van der Waals surface area contributed by atoms with Crippen LogP contribution in [0.25, 0.3) is 77.2 Å². The van der Waals surface area contributed by atoms with Crippen LogP contribution in [0.3, 0.4) is 0 Å². The standard InChI is InChI=1S/C44H29O2P/c45-47(46)43-39(37-25-13-11-21-33(37)29-15-3-1-4-16-29)27-31-19-7-9-23-35(31)41(43)42-36-24-10-8-20-32(36)28-40(44(42)47)38-26-14-12-22-34(38)30-17-5-2-6-18-30/h1-28H,(H,45,46). The second kappa shape index (κ2) is 10.8. The predicted molar refractivity (Wildman–Crippen MR) is 198 cm³/mol. The molecule has 0 fully saturated rings. The molecule has 8 aromatic carbocycles. The lowest BCUT2D eigenvalue weighted by atomic mass is 9.86. The predicted octanol–water partition coefficient (Wildman–Crippen LogP) is 10.9. The van der Waals surface area contributed by atoms with E-state index in [0.29, 0.717) is 10.6 Å². The van der Waals surface area contributed by atoms with E-state index in [-0.39, 0.29) is 0 Å². The van der Waals surface area contributed by atoms with Gasteiger partial charge in [-0.1, -0.05) is 158 Å². The van der Waals surface area contributed by atoms with E-state index in [4.69, 9.17) is 0 Å². The van der Waals surface area contributed by atoms with Crippen LogP contribution in [0.5, 0.6) is 0 Å². The molecule has 222 valence electrons. The lowest BCUT2D eigenvalue weighted by Gasteiger charge is -2.19. The van der Waals surface area contributed by atoms with Gasteiger partial charge in [-0.2, -0.15) is 0 Å².